The molecule has 0 spiro atoms. The number of ketones is 1. The third kappa shape index (κ3) is 2.88. The highest BCUT2D eigenvalue weighted by molar-refractivity contribution is 7.99. The number of furan rings is 1. The number of Topliss-reactive ketones (excluding diaryl/α,β-unsaturated/α-hetero) is 1. The maximum atomic E-state index is 11.3. The van der Waals surface area contributed by atoms with E-state index in [-0.39, 0.29) is 0 Å². The van der Waals surface area contributed by atoms with Gasteiger partial charge in [0.05, 0.1) is 12.0 Å². The van der Waals surface area contributed by atoms with E-state index in [9.17, 15) is 4.79 Å². The van der Waals surface area contributed by atoms with E-state index in [0.717, 1.165) is 30.8 Å². The van der Waals surface area contributed by atoms with Crippen molar-refractivity contribution in [2.45, 2.75) is 43.6 Å². The molecule has 1 unspecified atom stereocenters. The van der Waals surface area contributed by atoms with Crippen molar-refractivity contribution in [3.8, 4) is 0 Å². The lowest BCUT2D eigenvalue weighted by Gasteiger charge is -2.19. The van der Waals surface area contributed by atoms with Gasteiger partial charge in [0.2, 0.25) is 0 Å². The third-order valence-corrected chi connectivity index (χ3v) is 4.16. The molecule has 1 fully saturated rings. The fourth-order valence-corrected chi connectivity index (χ4v) is 3.19. The monoisotopic (exact) mass is 224 g/mol. The molecule has 1 heterocycles. The van der Waals surface area contributed by atoms with Gasteiger partial charge in [-0.05, 0) is 31.4 Å². The van der Waals surface area contributed by atoms with E-state index in [0.29, 0.717) is 11.0 Å². The Hall–Kier alpha value is -0.700. The maximum Gasteiger partial charge on any atom is 0.134 e. The zero-order valence-corrected chi connectivity index (χ0v) is 9.81. The minimum absolute atomic E-state index is 0.426. The van der Waals surface area contributed by atoms with Crippen molar-refractivity contribution in [3.05, 3.63) is 23.7 Å². The van der Waals surface area contributed by atoms with Gasteiger partial charge in [0.1, 0.15) is 11.5 Å². The Morgan fingerprint density at radius 2 is 2.47 bits per heavy atom. The van der Waals surface area contributed by atoms with Crippen LogP contribution in [0.5, 0.6) is 0 Å². The lowest BCUT2D eigenvalue weighted by molar-refractivity contribution is -0.120. The van der Waals surface area contributed by atoms with Crippen LogP contribution < -0.4 is 0 Å². The van der Waals surface area contributed by atoms with Gasteiger partial charge in [-0.3, -0.25) is 4.79 Å². The second kappa shape index (κ2) is 4.88. The van der Waals surface area contributed by atoms with Crippen LogP contribution in [0.15, 0.2) is 16.7 Å². The first-order valence-corrected chi connectivity index (χ1v) is 6.47. The van der Waals surface area contributed by atoms with Crippen LogP contribution in [-0.4, -0.2) is 11.0 Å². The smallest absolute Gasteiger partial charge is 0.134 e. The average molecular weight is 224 g/mol. The minimum atomic E-state index is 0.426. The molecule has 3 heteroatoms. The zero-order chi connectivity index (χ0) is 10.7. The molecule has 2 nitrogen and oxygen atoms in total. The summed E-state index contributed by atoms with van der Waals surface area (Å²) in [6.07, 6.45) is 5.52. The predicted octanol–water partition coefficient (Wildman–Crippen LogP) is 3.33. The van der Waals surface area contributed by atoms with Crippen molar-refractivity contribution in [1.82, 2.24) is 0 Å². The van der Waals surface area contributed by atoms with Crippen molar-refractivity contribution < 1.29 is 9.21 Å². The molecule has 0 radical (unpaired) electrons. The Balaban J connectivity index is 1.83. The molecule has 1 aromatic heterocycles. The van der Waals surface area contributed by atoms with Gasteiger partial charge < -0.3 is 4.42 Å². The van der Waals surface area contributed by atoms with Crippen LogP contribution >= 0.6 is 11.8 Å². The number of carbonyl (C=O) groups is 1. The second-order valence-electron chi connectivity index (χ2n) is 4.09. The van der Waals surface area contributed by atoms with Crippen molar-refractivity contribution in [2.75, 3.05) is 0 Å². The van der Waals surface area contributed by atoms with Gasteiger partial charge in [0.25, 0.3) is 0 Å². The minimum Gasteiger partial charge on any atom is -0.468 e. The molecule has 0 N–H and O–H groups in total. The standard InChI is InChI=1S/C12H16O2S/c1-9-5-6-14-12(9)8-15-11-4-2-3-10(13)7-11/h5-6,11H,2-4,7-8H2,1H3. The first-order chi connectivity index (χ1) is 7.25. The topological polar surface area (TPSA) is 30.2 Å². The summed E-state index contributed by atoms with van der Waals surface area (Å²) < 4.78 is 5.38. The van der Waals surface area contributed by atoms with E-state index in [2.05, 4.69) is 6.92 Å². The quantitative estimate of drug-likeness (QED) is 0.789. The molecule has 1 saturated carbocycles. The summed E-state index contributed by atoms with van der Waals surface area (Å²) in [7, 11) is 0. The van der Waals surface area contributed by atoms with E-state index in [1.165, 1.54) is 12.0 Å². The second-order valence-corrected chi connectivity index (χ2v) is 5.38. The van der Waals surface area contributed by atoms with Crippen molar-refractivity contribution in [3.63, 3.8) is 0 Å². The van der Waals surface area contributed by atoms with Gasteiger partial charge in [-0.25, -0.2) is 0 Å². The van der Waals surface area contributed by atoms with Gasteiger partial charge in [-0.2, -0.15) is 11.8 Å². The molecule has 0 aliphatic heterocycles. The highest BCUT2D eigenvalue weighted by atomic mass is 32.2. The summed E-state index contributed by atoms with van der Waals surface area (Å²) >= 11 is 1.86. The summed E-state index contributed by atoms with van der Waals surface area (Å²) in [4.78, 5) is 11.3. The zero-order valence-electron chi connectivity index (χ0n) is 8.99. The van der Waals surface area contributed by atoms with Crippen LogP contribution in [0.4, 0.5) is 0 Å². The summed E-state index contributed by atoms with van der Waals surface area (Å²) in [5.74, 6) is 2.38. The van der Waals surface area contributed by atoms with Crippen LogP contribution in [0.1, 0.15) is 37.0 Å². The van der Waals surface area contributed by atoms with E-state index in [1.807, 2.05) is 17.8 Å². The molecule has 1 aromatic rings. The third-order valence-electron chi connectivity index (χ3n) is 2.86. The number of aryl methyl sites for hydroxylation is 1. The van der Waals surface area contributed by atoms with Crippen molar-refractivity contribution in [1.29, 1.82) is 0 Å². The lowest BCUT2D eigenvalue weighted by atomic mass is 9.99. The lowest BCUT2D eigenvalue weighted by Crippen LogP contribution is -2.16. The van der Waals surface area contributed by atoms with Crippen LogP contribution in [0.3, 0.4) is 0 Å². The molecular formula is C12H16O2S. The Kier molecular flexibility index (Phi) is 3.52. The number of rotatable bonds is 3. The van der Waals surface area contributed by atoms with Gasteiger partial charge in [-0.1, -0.05) is 0 Å². The summed E-state index contributed by atoms with van der Waals surface area (Å²) in [6, 6.07) is 1.99. The Bertz CT molecular complexity index is 343. The molecule has 1 atom stereocenters. The first kappa shape index (κ1) is 10.8. The van der Waals surface area contributed by atoms with E-state index < -0.39 is 0 Å². The molecule has 1 aliphatic carbocycles. The van der Waals surface area contributed by atoms with Gasteiger partial charge in [0.15, 0.2) is 0 Å². The molecule has 0 bridgehead atoms. The van der Waals surface area contributed by atoms with E-state index >= 15 is 0 Å². The number of hydrogen-bond donors (Lipinski definition) is 0. The molecule has 0 aromatic carbocycles. The van der Waals surface area contributed by atoms with Gasteiger partial charge >= 0.3 is 0 Å². The predicted molar refractivity (Wildman–Crippen MR) is 62.0 cm³/mol. The van der Waals surface area contributed by atoms with Crippen LogP contribution in [0, 0.1) is 6.92 Å². The molecule has 0 saturated heterocycles. The fraction of sp³-hybridized carbons (Fsp3) is 0.583. The first-order valence-electron chi connectivity index (χ1n) is 5.42. The Morgan fingerprint density at radius 1 is 1.60 bits per heavy atom. The van der Waals surface area contributed by atoms with Crippen molar-refractivity contribution >= 4 is 17.5 Å². The summed E-state index contributed by atoms with van der Waals surface area (Å²) in [5, 5.41) is 0.510. The van der Waals surface area contributed by atoms with Gasteiger partial charge in [0, 0.05) is 18.1 Å². The maximum absolute atomic E-state index is 11.3. The molecule has 15 heavy (non-hydrogen) atoms. The largest absolute Gasteiger partial charge is 0.468 e. The highest BCUT2D eigenvalue weighted by Crippen LogP contribution is 2.29. The summed E-state index contributed by atoms with van der Waals surface area (Å²) in [6.45, 7) is 2.06. The van der Waals surface area contributed by atoms with E-state index in [4.69, 9.17) is 4.42 Å². The number of carbonyl (C=O) groups excluding carboxylic acids is 1. The van der Waals surface area contributed by atoms with E-state index in [1.54, 1.807) is 6.26 Å². The number of hydrogen-bond acceptors (Lipinski definition) is 3. The fourth-order valence-electron chi connectivity index (χ4n) is 1.87. The Morgan fingerprint density at radius 3 is 3.13 bits per heavy atom. The van der Waals surface area contributed by atoms with Gasteiger partial charge in [-0.15, -0.1) is 0 Å². The van der Waals surface area contributed by atoms with Crippen LogP contribution in [-0.2, 0) is 10.5 Å². The van der Waals surface area contributed by atoms with Crippen LogP contribution in [0.2, 0.25) is 0 Å². The molecule has 2 rings (SSSR count). The van der Waals surface area contributed by atoms with Crippen LogP contribution in [0.25, 0.3) is 0 Å². The Labute approximate surface area is 94.4 Å². The molecule has 82 valence electrons. The SMILES string of the molecule is Cc1ccoc1CSC1CCCC(=O)C1. The molecular weight excluding hydrogens is 208 g/mol. The average Bonchev–Trinajstić information content (AvgIpc) is 2.61. The molecule has 1 aliphatic rings. The normalized spacial score (nSPS) is 21.9. The van der Waals surface area contributed by atoms with Crippen molar-refractivity contribution in [2.24, 2.45) is 0 Å². The number of thioether (sulfide) groups is 1. The molecule has 0 amide bonds. The summed E-state index contributed by atoms with van der Waals surface area (Å²) in [5.41, 5.74) is 1.21. The highest BCUT2D eigenvalue weighted by Gasteiger charge is 2.20.